The van der Waals surface area contributed by atoms with E-state index in [1.807, 2.05) is 12.1 Å². The quantitative estimate of drug-likeness (QED) is 0.510. The van der Waals surface area contributed by atoms with Gasteiger partial charge in [0.2, 0.25) is 10.0 Å². The molecule has 0 amide bonds. The summed E-state index contributed by atoms with van der Waals surface area (Å²) >= 11 is 0. The van der Waals surface area contributed by atoms with Crippen LogP contribution >= 0.6 is 0 Å². The van der Waals surface area contributed by atoms with Crippen LogP contribution in [0.3, 0.4) is 0 Å². The molecule has 0 radical (unpaired) electrons. The van der Waals surface area contributed by atoms with Crippen molar-refractivity contribution in [2.24, 2.45) is 0 Å². The fraction of sp³-hybridized carbons (Fsp3) is 0.593. The summed E-state index contributed by atoms with van der Waals surface area (Å²) in [5.41, 5.74) is 0.0627. The summed E-state index contributed by atoms with van der Waals surface area (Å²) in [6, 6.07) is 8.87. The molecule has 0 saturated carbocycles. The molecule has 0 spiro atoms. The smallest absolute Gasteiger partial charge is 0.421 e. The van der Waals surface area contributed by atoms with Crippen LogP contribution in [0.25, 0.3) is 0 Å². The van der Waals surface area contributed by atoms with E-state index in [1.165, 1.54) is 10.4 Å². The van der Waals surface area contributed by atoms with E-state index in [0.29, 0.717) is 38.0 Å². The van der Waals surface area contributed by atoms with Crippen LogP contribution in [-0.2, 0) is 20.9 Å². The number of anilines is 2. The predicted octanol–water partition coefficient (Wildman–Crippen LogP) is 3.72. The van der Waals surface area contributed by atoms with E-state index in [2.05, 4.69) is 34.4 Å². The summed E-state index contributed by atoms with van der Waals surface area (Å²) in [6.07, 6.45) is -2.76. The topological polar surface area (TPSA) is 96.0 Å². The second-order valence-electron chi connectivity index (χ2n) is 10.9. The Kier molecular flexibility index (Phi) is 8.46. The van der Waals surface area contributed by atoms with Crippen LogP contribution in [0.4, 0.5) is 24.7 Å². The Morgan fingerprint density at radius 2 is 1.75 bits per heavy atom. The van der Waals surface area contributed by atoms with Gasteiger partial charge in [-0.25, -0.2) is 13.4 Å². The Labute approximate surface area is 233 Å². The lowest BCUT2D eigenvalue weighted by molar-refractivity contribution is -0.139. The third-order valence-electron chi connectivity index (χ3n) is 7.56. The third-order valence-corrected chi connectivity index (χ3v) is 9.47. The lowest BCUT2D eigenvalue weighted by atomic mass is 10.1. The van der Waals surface area contributed by atoms with Gasteiger partial charge in [0.05, 0.1) is 18.1 Å². The lowest BCUT2D eigenvalue weighted by Gasteiger charge is -2.37. The first-order valence-corrected chi connectivity index (χ1v) is 15.1. The number of alkyl halides is 3. The van der Waals surface area contributed by atoms with Crippen LogP contribution < -0.4 is 20.3 Å². The second-order valence-corrected chi connectivity index (χ2v) is 12.8. The highest BCUT2D eigenvalue weighted by Gasteiger charge is 2.37. The van der Waals surface area contributed by atoms with Gasteiger partial charge in [0.1, 0.15) is 23.2 Å². The minimum Gasteiger partial charge on any atom is -0.487 e. The normalized spacial score (nSPS) is 25.2. The molecule has 1 aromatic carbocycles. The molecule has 3 saturated heterocycles. The van der Waals surface area contributed by atoms with Crippen molar-refractivity contribution in [1.82, 2.24) is 14.6 Å². The van der Waals surface area contributed by atoms with Crippen molar-refractivity contribution < 1.29 is 31.1 Å². The number of aromatic nitrogens is 1. The number of nitrogens with zero attached hydrogens (tertiary/aromatic N) is 3. The third kappa shape index (κ3) is 6.64. The first-order valence-electron chi connectivity index (χ1n) is 13.7. The van der Waals surface area contributed by atoms with Gasteiger partial charge < -0.3 is 25.0 Å². The van der Waals surface area contributed by atoms with Crippen LogP contribution in [0.2, 0.25) is 0 Å². The molecule has 3 aliphatic rings. The number of ether oxygens (including phenoxy) is 2. The SMILES string of the molecule is C[C@@H]1CN(c2ccc(S(=O)(=O)N3CCC(Nc4cc(O[C@H]5CCOC5)c(C(F)(F)F)cn4)CC3)cc2)C[C@H](C)N1. The van der Waals surface area contributed by atoms with Crippen LogP contribution in [-0.4, -0.2) is 81.3 Å². The first-order chi connectivity index (χ1) is 19.0. The zero-order valence-corrected chi connectivity index (χ0v) is 23.5. The van der Waals surface area contributed by atoms with Gasteiger partial charge in [-0.05, 0) is 51.0 Å². The van der Waals surface area contributed by atoms with Crippen molar-refractivity contribution in [2.75, 3.05) is 49.6 Å². The van der Waals surface area contributed by atoms with Crippen LogP contribution in [0.15, 0.2) is 41.4 Å². The Hall–Kier alpha value is -2.61. The highest BCUT2D eigenvalue weighted by Crippen LogP contribution is 2.38. The summed E-state index contributed by atoms with van der Waals surface area (Å²) in [6.45, 7) is 7.24. The molecule has 3 aliphatic heterocycles. The average Bonchev–Trinajstić information content (AvgIpc) is 3.41. The number of pyridine rings is 1. The molecule has 5 rings (SSSR count). The van der Waals surface area contributed by atoms with E-state index < -0.39 is 27.9 Å². The largest absolute Gasteiger partial charge is 0.487 e. The summed E-state index contributed by atoms with van der Waals surface area (Å²) in [7, 11) is -3.67. The van der Waals surface area contributed by atoms with Gasteiger partial charge in [-0.15, -0.1) is 0 Å². The van der Waals surface area contributed by atoms with Crippen LogP contribution in [0.1, 0.15) is 38.7 Å². The molecule has 2 N–H and O–H groups in total. The number of rotatable bonds is 7. The minimum absolute atomic E-state index is 0.141. The van der Waals surface area contributed by atoms with Gasteiger partial charge in [-0.1, -0.05) is 0 Å². The molecule has 13 heteroatoms. The van der Waals surface area contributed by atoms with Crippen molar-refractivity contribution in [2.45, 2.75) is 68.4 Å². The second kappa shape index (κ2) is 11.7. The average molecular weight is 584 g/mol. The molecule has 9 nitrogen and oxygen atoms in total. The number of halogens is 3. The highest BCUT2D eigenvalue weighted by atomic mass is 32.2. The monoisotopic (exact) mass is 583 g/mol. The number of benzene rings is 1. The van der Waals surface area contributed by atoms with Gasteiger partial charge in [0, 0.05) is 68.7 Å². The van der Waals surface area contributed by atoms with Gasteiger partial charge >= 0.3 is 6.18 Å². The maximum absolute atomic E-state index is 13.5. The zero-order chi connectivity index (χ0) is 28.5. The van der Waals surface area contributed by atoms with Crippen molar-refractivity contribution >= 4 is 21.5 Å². The van der Waals surface area contributed by atoms with E-state index in [4.69, 9.17) is 9.47 Å². The van der Waals surface area contributed by atoms with Crippen molar-refractivity contribution in [3.05, 3.63) is 42.1 Å². The summed E-state index contributed by atoms with van der Waals surface area (Å²) in [4.78, 5) is 6.47. The molecule has 0 aliphatic carbocycles. The van der Waals surface area contributed by atoms with E-state index >= 15 is 0 Å². The van der Waals surface area contributed by atoms with Gasteiger partial charge in [0.15, 0.2) is 0 Å². The van der Waals surface area contributed by atoms with Crippen molar-refractivity contribution in [3.8, 4) is 5.75 Å². The molecule has 3 fully saturated rings. The first kappa shape index (κ1) is 28.9. The predicted molar refractivity (Wildman–Crippen MR) is 145 cm³/mol. The molecular formula is C27H36F3N5O4S. The Morgan fingerprint density at radius 3 is 2.35 bits per heavy atom. The van der Waals surface area contributed by atoms with Crippen LogP contribution in [0.5, 0.6) is 5.75 Å². The van der Waals surface area contributed by atoms with E-state index in [1.54, 1.807) is 12.1 Å². The fourth-order valence-electron chi connectivity index (χ4n) is 5.58. The van der Waals surface area contributed by atoms with Gasteiger partial charge in [0.25, 0.3) is 0 Å². The minimum atomic E-state index is -4.60. The number of nitrogens with one attached hydrogen (secondary N) is 2. The fourth-order valence-corrected chi connectivity index (χ4v) is 7.05. The highest BCUT2D eigenvalue weighted by molar-refractivity contribution is 7.89. The molecule has 0 bridgehead atoms. The van der Waals surface area contributed by atoms with Crippen LogP contribution in [0, 0.1) is 0 Å². The maximum atomic E-state index is 13.5. The Morgan fingerprint density at radius 1 is 1.07 bits per heavy atom. The standard InChI is InChI=1S/C27H36F3N5O4S/c1-18-15-34(16-19(2)32-18)21-3-5-23(6-4-21)40(36,37)35-10-7-20(8-11-35)33-26-13-25(39-22-9-12-38-17-22)24(14-31-26)27(28,29)30/h3-6,13-14,18-20,22,32H,7-12,15-17H2,1-2H3,(H,31,33)/t18-,19+,22-/m0/s1. The summed E-state index contributed by atoms with van der Waals surface area (Å²) in [5.74, 6) is -0.0240. The molecule has 40 heavy (non-hydrogen) atoms. The number of piperidine rings is 1. The molecule has 3 atom stereocenters. The van der Waals surface area contributed by atoms with E-state index in [9.17, 15) is 21.6 Å². The Bertz CT molecular complexity index is 1250. The number of hydrogen-bond donors (Lipinski definition) is 2. The molecule has 0 unspecified atom stereocenters. The molecular weight excluding hydrogens is 547 g/mol. The number of piperazine rings is 1. The van der Waals surface area contributed by atoms with E-state index in [0.717, 1.165) is 25.0 Å². The summed E-state index contributed by atoms with van der Waals surface area (Å²) in [5, 5.41) is 6.66. The number of hydrogen-bond acceptors (Lipinski definition) is 8. The van der Waals surface area contributed by atoms with Crippen molar-refractivity contribution in [3.63, 3.8) is 0 Å². The lowest BCUT2D eigenvalue weighted by Crippen LogP contribution is -2.54. The van der Waals surface area contributed by atoms with E-state index in [-0.39, 0.29) is 42.2 Å². The maximum Gasteiger partial charge on any atom is 0.421 e. The molecule has 220 valence electrons. The number of sulfonamides is 1. The van der Waals surface area contributed by atoms with Gasteiger partial charge in [-0.2, -0.15) is 17.5 Å². The summed E-state index contributed by atoms with van der Waals surface area (Å²) < 4.78 is 79.5. The molecule has 1 aromatic heterocycles. The van der Waals surface area contributed by atoms with Gasteiger partial charge in [-0.3, -0.25) is 0 Å². The molecule has 2 aromatic rings. The molecule has 4 heterocycles. The zero-order valence-electron chi connectivity index (χ0n) is 22.7. The Balaban J connectivity index is 1.20. The van der Waals surface area contributed by atoms with Crippen molar-refractivity contribution in [1.29, 1.82) is 0 Å².